The molecule has 0 aliphatic heterocycles. The summed E-state index contributed by atoms with van der Waals surface area (Å²) in [6.07, 6.45) is 0. The standard InChI is InChI=1S/C8H6ClFN2O/c1-13-6-3-4(10)2-5-7(6)8(9)12-11-5/h2-3H,1H3,(H,11,12). The van der Waals surface area contributed by atoms with E-state index in [2.05, 4.69) is 10.2 Å². The Labute approximate surface area is 78.5 Å². The van der Waals surface area contributed by atoms with E-state index in [9.17, 15) is 4.39 Å². The first-order valence-electron chi connectivity index (χ1n) is 3.59. The van der Waals surface area contributed by atoms with Gasteiger partial charge in [0, 0.05) is 12.1 Å². The quantitative estimate of drug-likeness (QED) is 0.768. The molecule has 1 N–H and O–H groups in total. The van der Waals surface area contributed by atoms with Crippen molar-refractivity contribution in [1.82, 2.24) is 10.2 Å². The molecule has 2 aromatic rings. The largest absolute Gasteiger partial charge is 0.496 e. The van der Waals surface area contributed by atoms with E-state index in [4.69, 9.17) is 16.3 Å². The molecule has 3 nitrogen and oxygen atoms in total. The summed E-state index contributed by atoms with van der Waals surface area (Å²) in [6.45, 7) is 0. The fourth-order valence-electron chi connectivity index (χ4n) is 1.20. The third kappa shape index (κ3) is 1.23. The summed E-state index contributed by atoms with van der Waals surface area (Å²) in [4.78, 5) is 0. The minimum absolute atomic E-state index is 0.354. The second kappa shape index (κ2) is 2.88. The third-order valence-corrected chi connectivity index (χ3v) is 2.03. The number of rotatable bonds is 1. The number of H-pyrrole nitrogens is 1. The summed E-state index contributed by atoms with van der Waals surface area (Å²) in [7, 11) is 1.46. The van der Waals surface area contributed by atoms with E-state index in [0.29, 0.717) is 21.8 Å². The molecule has 2 rings (SSSR count). The zero-order valence-electron chi connectivity index (χ0n) is 6.77. The van der Waals surface area contributed by atoms with Crippen molar-refractivity contribution >= 4 is 22.5 Å². The highest BCUT2D eigenvalue weighted by Crippen LogP contribution is 2.30. The lowest BCUT2D eigenvalue weighted by Gasteiger charge is -2.00. The predicted molar refractivity (Wildman–Crippen MR) is 47.6 cm³/mol. The average molecular weight is 201 g/mol. The smallest absolute Gasteiger partial charge is 0.135 e. The summed E-state index contributed by atoms with van der Waals surface area (Å²) in [5.41, 5.74) is 0.460. The van der Waals surface area contributed by atoms with Gasteiger partial charge < -0.3 is 4.74 Å². The molecule has 1 heterocycles. The Morgan fingerprint density at radius 1 is 1.54 bits per heavy atom. The average Bonchev–Trinajstić information content (AvgIpc) is 2.46. The van der Waals surface area contributed by atoms with Crippen molar-refractivity contribution in [2.45, 2.75) is 0 Å². The fourth-order valence-corrected chi connectivity index (χ4v) is 1.44. The normalized spacial score (nSPS) is 10.7. The van der Waals surface area contributed by atoms with Crippen molar-refractivity contribution in [1.29, 1.82) is 0 Å². The van der Waals surface area contributed by atoms with Crippen LogP contribution in [-0.4, -0.2) is 17.3 Å². The van der Waals surface area contributed by atoms with E-state index in [-0.39, 0.29) is 0 Å². The Hall–Kier alpha value is -1.29. The van der Waals surface area contributed by atoms with Gasteiger partial charge in [0.25, 0.3) is 0 Å². The number of halogens is 2. The van der Waals surface area contributed by atoms with Crippen molar-refractivity contribution < 1.29 is 9.13 Å². The molecule has 0 unspecified atom stereocenters. The second-order valence-corrected chi connectivity index (χ2v) is 2.92. The topological polar surface area (TPSA) is 37.9 Å². The molecule has 0 atom stereocenters. The van der Waals surface area contributed by atoms with E-state index in [1.54, 1.807) is 0 Å². The maximum absolute atomic E-state index is 12.9. The highest BCUT2D eigenvalue weighted by atomic mass is 35.5. The molecular formula is C8H6ClFN2O. The number of aromatic nitrogens is 2. The Morgan fingerprint density at radius 3 is 3.00 bits per heavy atom. The van der Waals surface area contributed by atoms with Gasteiger partial charge in [-0.05, 0) is 0 Å². The van der Waals surface area contributed by atoms with Crippen LogP contribution in [0.2, 0.25) is 5.15 Å². The molecule has 68 valence electrons. The number of methoxy groups -OCH3 is 1. The van der Waals surface area contributed by atoms with Gasteiger partial charge in [-0.1, -0.05) is 11.6 Å². The maximum atomic E-state index is 12.9. The first-order chi connectivity index (χ1) is 6.22. The molecule has 0 spiro atoms. The zero-order valence-corrected chi connectivity index (χ0v) is 7.52. The molecule has 5 heteroatoms. The van der Waals surface area contributed by atoms with Gasteiger partial charge in [0.05, 0.1) is 12.5 Å². The third-order valence-electron chi connectivity index (χ3n) is 1.76. The van der Waals surface area contributed by atoms with Gasteiger partial charge in [0.2, 0.25) is 0 Å². The Balaban J connectivity index is 2.85. The van der Waals surface area contributed by atoms with Gasteiger partial charge in [-0.15, -0.1) is 0 Å². The minimum atomic E-state index is -0.396. The van der Waals surface area contributed by atoms with Crippen molar-refractivity contribution in [2.75, 3.05) is 7.11 Å². The minimum Gasteiger partial charge on any atom is -0.496 e. The number of fused-ring (bicyclic) bond motifs is 1. The Bertz CT molecular complexity index is 455. The summed E-state index contributed by atoms with van der Waals surface area (Å²) in [5.74, 6) is -0.0127. The summed E-state index contributed by atoms with van der Waals surface area (Å²) < 4.78 is 17.9. The van der Waals surface area contributed by atoms with Crippen LogP contribution in [0, 0.1) is 5.82 Å². The van der Waals surface area contributed by atoms with Crippen LogP contribution in [0.15, 0.2) is 12.1 Å². The van der Waals surface area contributed by atoms with Crippen LogP contribution in [0.3, 0.4) is 0 Å². The molecule has 13 heavy (non-hydrogen) atoms. The molecule has 0 fully saturated rings. The van der Waals surface area contributed by atoms with Gasteiger partial charge in [-0.3, -0.25) is 5.10 Å². The van der Waals surface area contributed by atoms with E-state index in [1.807, 2.05) is 0 Å². The van der Waals surface area contributed by atoms with Crippen LogP contribution in [0.5, 0.6) is 5.75 Å². The molecule has 0 saturated heterocycles. The molecule has 1 aromatic heterocycles. The molecule has 0 saturated carbocycles. The summed E-state index contributed by atoms with van der Waals surface area (Å²) in [5, 5.41) is 7.31. The number of nitrogens with zero attached hydrogens (tertiary/aromatic N) is 1. The fraction of sp³-hybridized carbons (Fsp3) is 0.125. The van der Waals surface area contributed by atoms with Crippen LogP contribution in [0.4, 0.5) is 4.39 Å². The van der Waals surface area contributed by atoms with Gasteiger partial charge in [-0.25, -0.2) is 4.39 Å². The number of benzene rings is 1. The van der Waals surface area contributed by atoms with Crippen molar-refractivity contribution in [3.63, 3.8) is 0 Å². The highest BCUT2D eigenvalue weighted by Gasteiger charge is 2.10. The first kappa shape index (κ1) is 8.31. The van der Waals surface area contributed by atoms with E-state index in [1.165, 1.54) is 19.2 Å². The van der Waals surface area contributed by atoms with Gasteiger partial charge in [0.1, 0.15) is 22.2 Å². The van der Waals surface area contributed by atoms with Crippen molar-refractivity contribution in [3.8, 4) is 5.75 Å². The van der Waals surface area contributed by atoms with Crippen LogP contribution >= 0.6 is 11.6 Å². The zero-order chi connectivity index (χ0) is 9.42. The molecular weight excluding hydrogens is 195 g/mol. The predicted octanol–water partition coefficient (Wildman–Crippen LogP) is 2.36. The molecule has 0 amide bonds. The summed E-state index contributed by atoms with van der Waals surface area (Å²) in [6, 6.07) is 2.56. The van der Waals surface area contributed by atoms with Crippen LogP contribution in [0.25, 0.3) is 10.9 Å². The van der Waals surface area contributed by atoms with E-state index >= 15 is 0 Å². The van der Waals surface area contributed by atoms with Gasteiger partial charge in [0.15, 0.2) is 0 Å². The van der Waals surface area contributed by atoms with Crippen LogP contribution in [0.1, 0.15) is 0 Å². The molecule has 0 aliphatic rings. The molecule has 0 aliphatic carbocycles. The van der Waals surface area contributed by atoms with Gasteiger partial charge in [-0.2, -0.15) is 5.10 Å². The van der Waals surface area contributed by atoms with Crippen LogP contribution < -0.4 is 4.74 Å². The van der Waals surface area contributed by atoms with E-state index in [0.717, 1.165) is 0 Å². The maximum Gasteiger partial charge on any atom is 0.135 e. The van der Waals surface area contributed by atoms with Gasteiger partial charge >= 0.3 is 0 Å². The lowest BCUT2D eigenvalue weighted by molar-refractivity contribution is 0.416. The number of ether oxygens (including phenoxy) is 1. The molecule has 0 radical (unpaired) electrons. The lowest BCUT2D eigenvalue weighted by atomic mass is 10.2. The first-order valence-corrected chi connectivity index (χ1v) is 3.97. The lowest BCUT2D eigenvalue weighted by Crippen LogP contribution is -1.85. The number of nitrogens with one attached hydrogen (secondary N) is 1. The highest BCUT2D eigenvalue weighted by molar-refractivity contribution is 6.34. The Kier molecular flexibility index (Phi) is 1.84. The van der Waals surface area contributed by atoms with Crippen LogP contribution in [-0.2, 0) is 0 Å². The second-order valence-electron chi connectivity index (χ2n) is 2.54. The summed E-state index contributed by atoms with van der Waals surface area (Å²) >= 11 is 5.79. The monoisotopic (exact) mass is 200 g/mol. The molecule has 1 aromatic carbocycles. The number of hydrogen-bond donors (Lipinski definition) is 1. The number of aromatic amines is 1. The SMILES string of the molecule is COc1cc(F)cc2n[nH]c(Cl)c12. The molecule has 0 bridgehead atoms. The van der Waals surface area contributed by atoms with E-state index < -0.39 is 5.82 Å². The van der Waals surface area contributed by atoms with Crippen molar-refractivity contribution in [2.24, 2.45) is 0 Å². The number of hydrogen-bond acceptors (Lipinski definition) is 2. The Morgan fingerprint density at radius 2 is 2.31 bits per heavy atom. The van der Waals surface area contributed by atoms with Crippen molar-refractivity contribution in [3.05, 3.63) is 23.1 Å².